The minimum atomic E-state index is 0. The fourth-order valence-electron chi connectivity index (χ4n) is 4.46. The van der Waals surface area contributed by atoms with Gasteiger partial charge in [0.15, 0.2) is 0 Å². The number of nitrogens with zero attached hydrogens (tertiary/aromatic N) is 3. The van der Waals surface area contributed by atoms with Crippen LogP contribution < -0.4 is 4.90 Å². The molecule has 39 heavy (non-hydrogen) atoms. The summed E-state index contributed by atoms with van der Waals surface area (Å²) in [5.74, 6) is 0.394. The van der Waals surface area contributed by atoms with Gasteiger partial charge in [-0.1, -0.05) is 65.0 Å². The van der Waals surface area contributed by atoms with E-state index >= 15 is 0 Å². The zero-order chi connectivity index (χ0) is 26.7. The van der Waals surface area contributed by atoms with Crippen LogP contribution in [0.1, 0.15) is 51.7 Å². The van der Waals surface area contributed by atoms with Gasteiger partial charge in [-0.15, -0.1) is 59.7 Å². The maximum Gasteiger partial charge on any atom is 2.00 e. The van der Waals surface area contributed by atoms with E-state index in [0.29, 0.717) is 5.92 Å². The van der Waals surface area contributed by atoms with Crippen molar-refractivity contribution < 1.29 is 21.1 Å². The van der Waals surface area contributed by atoms with Gasteiger partial charge in [0.05, 0.1) is 0 Å². The second-order valence-electron chi connectivity index (χ2n) is 10.9. The largest absolute Gasteiger partial charge is 2.00 e. The van der Waals surface area contributed by atoms with Gasteiger partial charge in [-0.25, -0.2) is 0 Å². The molecule has 0 N–H and O–H groups in total. The number of rotatable bonds is 6. The molecule has 5 rings (SSSR count). The number of benzene rings is 3. The van der Waals surface area contributed by atoms with Crippen molar-refractivity contribution in [1.29, 1.82) is 0 Å². The topological polar surface area (TPSA) is 29.0 Å². The quantitative estimate of drug-likeness (QED) is 0.166. The molecule has 0 fully saturated rings. The van der Waals surface area contributed by atoms with Gasteiger partial charge in [0, 0.05) is 18.1 Å². The van der Waals surface area contributed by atoms with E-state index in [-0.39, 0.29) is 26.5 Å². The second-order valence-corrected chi connectivity index (χ2v) is 10.9. The summed E-state index contributed by atoms with van der Waals surface area (Å²) in [5.41, 5.74) is 9.25. The van der Waals surface area contributed by atoms with Crippen molar-refractivity contribution in [3.63, 3.8) is 0 Å². The van der Waals surface area contributed by atoms with Gasteiger partial charge < -0.3 is 14.9 Å². The van der Waals surface area contributed by atoms with Crippen molar-refractivity contribution in [2.75, 3.05) is 4.90 Å². The average molecular weight is 691 g/mol. The van der Waals surface area contributed by atoms with Gasteiger partial charge in [0.1, 0.15) is 0 Å². The third-order valence-electron chi connectivity index (χ3n) is 6.65. The molecule has 0 unspecified atom stereocenters. The Balaban J connectivity index is 0.00000353. The van der Waals surface area contributed by atoms with Gasteiger partial charge in [-0.3, -0.25) is 0 Å². The van der Waals surface area contributed by atoms with Crippen molar-refractivity contribution >= 4 is 17.1 Å². The molecule has 0 radical (unpaired) electrons. The molecule has 3 aromatic carbocycles. The van der Waals surface area contributed by atoms with Crippen LogP contribution in [0.2, 0.25) is 0 Å². The van der Waals surface area contributed by atoms with Crippen LogP contribution in [0, 0.1) is 12.1 Å². The third-order valence-corrected chi connectivity index (χ3v) is 6.65. The van der Waals surface area contributed by atoms with E-state index in [1.165, 1.54) is 11.1 Å². The Bertz CT molecular complexity index is 1440. The van der Waals surface area contributed by atoms with Crippen LogP contribution in [-0.2, 0) is 26.5 Å². The number of hydrogen-bond donors (Lipinski definition) is 0. The van der Waals surface area contributed by atoms with Crippen LogP contribution in [0.25, 0.3) is 22.5 Å². The zero-order valence-electron chi connectivity index (χ0n) is 23.1. The Labute approximate surface area is 247 Å². The molecule has 198 valence electrons. The van der Waals surface area contributed by atoms with Crippen LogP contribution in [-0.4, -0.2) is 9.97 Å². The molecule has 0 aliphatic carbocycles. The van der Waals surface area contributed by atoms with Crippen LogP contribution in [0.15, 0.2) is 103 Å². The molecule has 0 bridgehead atoms. The molecule has 0 aliphatic heterocycles. The van der Waals surface area contributed by atoms with Crippen molar-refractivity contribution in [2.24, 2.45) is 0 Å². The molecule has 0 amide bonds. The molecular formula is C35H33N3Pt. The van der Waals surface area contributed by atoms with E-state index in [2.05, 4.69) is 116 Å². The molecule has 0 saturated heterocycles. The molecular weight excluding hydrogens is 657 g/mol. The molecule has 2 heterocycles. The van der Waals surface area contributed by atoms with Gasteiger partial charge >= 0.3 is 21.1 Å². The van der Waals surface area contributed by atoms with E-state index in [0.717, 1.165) is 39.6 Å². The Kier molecular flexibility index (Phi) is 8.83. The first kappa shape index (κ1) is 28.5. The number of anilines is 3. The van der Waals surface area contributed by atoms with E-state index in [4.69, 9.17) is 0 Å². The third kappa shape index (κ3) is 6.54. The molecule has 0 atom stereocenters. The summed E-state index contributed by atoms with van der Waals surface area (Å²) in [6.45, 7) is 11.3. The predicted octanol–water partition coefficient (Wildman–Crippen LogP) is 9.30. The van der Waals surface area contributed by atoms with E-state index in [1.54, 1.807) is 0 Å². The van der Waals surface area contributed by atoms with Crippen molar-refractivity contribution in [3.05, 3.63) is 127 Å². The fourth-order valence-corrected chi connectivity index (χ4v) is 4.46. The Morgan fingerprint density at radius 1 is 0.667 bits per heavy atom. The summed E-state index contributed by atoms with van der Waals surface area (Å²) < 4.78 is 0. The fraction of sp³-hybridized carbons (Fsp3) is 0.200. The van der Waals surface area contributed by atoms with E-state index in [9.17, 15) is 0 Å². The molecule has 5 aromatic rings. The predicted molar refractivity (Wildman–Crippen MR) is 158 cm³/mol. The summed E-state index contributed by atoms with van der Waals surface area (Å²) in [4.78, 5) is 11.4. The van der Waals surface area contributed by atoms with Gasteiger partial charge in [-0.05, 0) is 69.5 Å². The number of hydrogen-bond acceptors (Lipinski definition) is 3. The van der Waals surface area contributed by atoms with E-state index < -0.39 is 0 Å². The minimum absolute atomic E-state index is 0. The number of pyridine rings is 2. The summed E-state index contributed by atoms with van der Waals surface area (Å²) in [7, 11) is 0. The van der Waals surface area contributed by atoms with Gasteiger partial charge in [0.25, 0.3) is 0 Å². The standard InChI is InChI=1S/C35H33N3.Pt/c1-25(2)28-20-29(35(3,4)5)24-32(23-28)38(30-14-10-12-26(21-30)33-16-6-8-18-36-33)31-15-11-13-27(22-31)34-17-7-9-19-37-34;/h6-20,23-25H,1-5H3;/q-2;+2. The molecule has 3 nitrogen and oxygen atoms in total. The maximum atomic E-state index is 4.57. The van der Waals surface area contributed by atoms with Crippen LogP contribution in [0.5, 0.6) is 0 Å². The summed E-state index contributed by atoms with van der Waals surface area (Å²) in [6, 6.07) is 38.6. The zero-order valence-corrected chi connectivity index (χ0v) is 25.3. The molecule has 2 aromatic heterocycles. The first-order valence-corrected chi connectivity index (χ1v) is 13.1. The first-order chi connectivity index (χ1) is 18.3. The Morgan fingerprint density at radius 2 is 1.21 bits per heavy atom. The summed E-state index contributed by atoms with van der Waals surface area (Å²) >= 11 is 0. The maximum absolute atomic E-state index is 4.57. The average Bonchev–Trinajstić information content (AvgIpc) is 2.94. The normalized spacial score (nSPS) is 11.2. The van der Waals surface area contributed by atoms with Gasteiger partial charge in [0.2, 0.25) is 0 Å². The summed E-state index contributed by atoms with van der Waals surface area (Å²) in [6.07, 6.45) is 3.64. The van der Waals surface area contributed by atoms with Crippen molar-refractivity contribution in [1.82, 2.24) is 9.97 Å². The molecule has 0 aliphatic rings. The van der Waals surface area contributed by atoms with E-state index in [1.807, 2.05) is 48.8 Å². The van der Waals surface area contributed by atoms with Crippen LogP contribution in [0.3, 0.4) is 0 Å². The van der Waals surface area contributed by atoms with Gasteiger partial charge in [-0.2, -0.15) is 0 Å². The molecule has 4 heteroatoms. The molecule has 0 saturated carbocycles. The van der Waals surface area contributed by atoms with Crippen LogP contribution >= 0.6 is 0 Å². The minimum Gasteiger partial charge on any atom is -0.346 e. The second kappa shape index (κ2) is 12.1. The summed E-state index contributed by atoms with van der Waals surface area (Å²) in [5, 5.41) is 0. The Hall–Kier alpha value is -3.55. The monoisotopic (exact) mass is 690 g/mol. The Morgan fingerprint density at radius 3 is 1.64 bits per heavy atom. The van der Waals surface area contributed by atoms with Crippen LogP contribution in [0.4, 0.5) is 17.1 Å². The smallest absolute Gasteiger partial charge is 0.346 e. The van der Waals surface area contributed by atoms with Crippen molar-refractivity contribution in [2.45, 2.75) is 46.0 Å². The molecule has 0 spiro atoms. The van der Waals surface area contributed by atoms with Crippen molar-refractivity contribution in [3.8, 4) is 22.5 Å². The first-order valence-electron chi connectivity index (χ1n) is 13.1. The number of aromatic nitrogens is 2. The SMILES string of the molecule is CC(C)c1cc(N(c2[c-]c(-c3ccccn3)ccc2)c2[c-]c(-c3ccccn3)ccc2)cc(C(C)(C)C)c1.[Pt+2].